The first-order valence-corrected chi connectivity index (χ1v) is 8.55. The summed E-state index contributed by atoms with van der Waals surface area (Å²) in [6, 6.07) is 15.0. The fourth-order valence-electron chi connectivity index (χ4n) is 1.85. The van der Waals surface area contributed by atoms with E-state index in [4.69, 9.17) is 22.1 Å². The fraction of sp³-hybridized carbons (Fsp3) is 0.250. The summed E-state index contributed by atoms with van der Waals surface area (Å²) in [6.45, 7) is 0.911. The highest BCUT2D eigenvalue weighted by Gasteiger charge is 2.03. The molecule has 0 saturated heterocycles. The average Bonchev–Trinajstić information content (AvgIpc) is 2.50. The molecule has 0 heterocycles. The van der Waals surface area contributed by atoms with Gasteiger partial charge in [0.1, 0.15) is 5.75 Å². The predicted molar refractivity (Wildman–Crippen MR) is 88.0 cm³/mol. The van der Waals surface area contributed by atoms with Crippen molar-refractivity contribution in [3.05, 3.63) is 64.7 Å². The van der Waals surface area contributed by atoms with Crippen LogP contribution in [0.1, 0.15) is 11.1 Å². The zero-order valence-corrected chi connectivity index (χ0v) is 13.2. The van der Waals surface area contributed by atoms with E-state index in [1.54, 1.807) is 0 Å². The Morgan fingerprint density at radius 1 is 1.10 bits per heavy atom. The largest absolute Gasteiger partial charge is 0.493 e. The van der Waals surface area contributed by atoms with Crippen LogP contribution in [0.2, 0.25) is 5.02 Å². The van der Waals surface area contributed by atoms with Crippen molar-refractivity contribution in [1.29, 1.82) is 0 Å². The summed E-state index contributed by atoms with van der Waals surface area (Å²) in [4.78, 5) is 0. The molecule has 0 saturated carbocycles. The first-order chi connectivity index (χ1) is 10.2. The van der Waals surface area contributed by atoms with E-state index in [-0.39, 0.29) is 0 Å². The van der Waals surface area contributed by atoms with Gasteiger partial charge in [-0.2, -0.15) is 0 Å². The summed E-state index contributed by atoms with van der Waals surface area (Å²) >= 11 is 5.82. The lowest BCUT2D eigenvalue weighted by Crippen LogP contribution is -2.10. The maximum absolute atomic E-state index is 12.0. The average molecular weight is 324 g/mol. The van der Waals surface area contributed by atoms with Crippen molar-refractivity contribution in [3.8, 4) is 5.75 Å². The molecule has 0 spiro atoms. The Balaban J connectivity index is 1.77. The summed E-state index contributed by atoms with van der Waals surface area (Å²) < 4.78 is 17.6. The third-order valence-electron chi connectivity index (χ3n) is 2.95. The quantitative estimate of drug-likeness (QED) is 0.851. The van der Waals surface area contributed by atoms with Crippen LogP contribution in [0.4, 0.5) is 0 Å². The van der Waals surface area contributed by atoms with Crippen molar-refractivity contribution >= 4 is 22.4 Å². The maximum Gasteiger partial charge on any atom is 0.119 e. The topological polar surface area (TPSA) is 52.3 Å². The Morgan fingerprint density at radius 2 is 1.86 bits per heavy atom. The minimum absolute atomic E-state index is 0.425. The van der Waals surface area contributed by atoms with E-state index < -0.39 is 10.8 Å². The van der Waals surface area contributed by atoms with E-state index in [0.717, 1.165) is 16.9 Å². The summed E-state index contributed by atoms with van der Waals surface area (Å²) in [6.07, 6.45) is 0. The van der Waals surface area contributed by atoms with Crippen molar-refractivity contribution in [1.82, 2.24) is 0 Å². The lowest BCUT2D eigenvalue weighted by atomic mass is 10.2. The van der Waals surface area contributed by atoms with E-state index in [2.05, 4.69) is 0 Å². The molecule has 0 bridgehead atoms. The maximum atomic E-state index is 12.0. The van der Waals surface area contributed by atoms with Crippen LogP contribution in [0.5, 0.6) is 5.75 Å². The number of halogens is 1. The van der Waals surface area contributed by atoms with E-state index in [9.17, 15) is 4.21 Å². The standard InChI is InChI=1S/C16H18ClNO2S/c17-15-6-4-13(5-7-15)12-21(19)9-8-20-16-3-1-2-14(10-16)11-18/h1-7,10H,8-9,11-12,18H2. The van der Waals surface area contributed by atoms with Crippen LogP contribution < -0.4 is 10.5 Å². The molecule has 0 aliphatic heterocycles. The molecule has 1 unspecified atom stereocenters. The van der Waals surface area contributed by atoms with Crippen LogP contribution in [0.15, 0.2) is 48.5 Å². The highest BCUT2D eigenvalue weighted by Crippen LogP contribution is 2.13. The molecule has 0 radical (unpaired) electrons. The summed E-state index contributed by atoms with van der Waals surface area (Å²) in [7, 11) is -0.951. The van der Waals surface area contributed by atoms with Gasteiger partial charge < -0.3 is 10.5 Å². The molecule has 0 amide bonds. The van der Waals surface area contributed by atoms with Crippen LogP contribution in [-0.2, 0) is 23.1 Å². The minimum Gasteiger partial charge on any atom is -0.493 e. The van der Waals surface area contributed by atoms with Crippen LogP contribution in [-0.4, -0.2) is 16.6 Å². The van der Waals surface area contributed by atoms with Crippen molar-refractivity contribution in [2.24, 2.45) is 5.73 Å². The van der Waals surface area contributed by atoms with Gasteiger partial charge in [-0.25, -0.2) is 0 Å². The summed E-state index contributed by atoms with van der Waals surface area (Å²) in [5, 5.41) is 0.688. The third kappa shape index (κ3) is 5.50. The van der Waals surface area contributed by atoms with Crippen LogP contribution >= 0.6 is 11.6 Å². The highest BCUT2D eigenvalue weighted by atomic mass is 35.5. The van der Waals surface area contributed by atoms with Gasteiger partial charge >= 0.3 is 0 Å². The first kappa shape index (κ1) is 16.0. The normalized spacial score (nSPS) is 12.1. The van der Waals surface area contributed by atoms with Crippen molar-refractivity contribution < 1.29 is 8.95 Å². The molecule has 0 aliphatic rings. The Kier molecular flexibility index (Phi) is 6.23. The van der Waals surface area contributed by atoms with Crippen molar-refractivity contribution in [3.63, 3.8) is 0 Å². The van der Waals surface area contributed by atoms with Gasteiger partial charge in [-0.15, -0.1) is 0 Å². The fourth-order valence-corrected chi connectivity index (χ4v) is 2.96. The van der Waals surface area contributed by atoms with Crippen LogP contribution in [0.25, 0.3) is 0 Å². The smallest absolute Gasteiger partial charge is 0.119 e. The second-order valence-corrected chi connectivity index (χ2v) is 6.63. The van der Waals surface area contributed by atoms with Gasteiger partial charge in [0.15, 0.2) is 0 Å². The van der Waals surface area contributed by atoms with E-state index in [0.29, 0.717) is 29.7 Å². The Bertz CT molecular complexity index is 601. The molecule has 112 valence electrons. The molecular weight excluding hydrogens is 306 g/mol. The molecule has 2 N–H and O–H groups in total. The van der Waals surface area contributed by atoms with Gasteiger partial charge in [0.2, 0.25) is 0 Å². The second-order valence-electron chi connectivity index (χ2n) is 4.61. The zero-order chi connectivity index (χ0) is 15.1. The molecule has 2 rings (SSSR count). The van der Waals surface area contributed by atoms with Gasteiger partial charge in [-0.3, -0.25) is 4.21 Å². The molecule has 21 heavy (non-hydrogen) atoms. The molecule has 1 atom stereocenters. The van der Waals surface area contributed by atoms with E-state index in [1.165, 1.54) is 0 Å². The lowest BCUT2D eigenvalue weighted by molar-refractivity contribution is 0.342. The van der Waals surface area contributed by atoms with Crippen molar-refractivity contribution in [2.45, 2.75) is 12.3 Å². The molecule has 2 aromatic rings. The number of ether oxygens (including phenoxy) is 1. The number of rotatable bonds is 7. The molecule has 2 aromatic carbocycles. The molecule has 5 heteroatoms. The second kappa shape index (κ2) is 8.17. The van der Waals surface area contributed by atoms with Gasteiger partial charge in [0.05, 0.1) is 12.4 Å². The monoisotopic (exact) mass is 323 g/mol. The SMILES string of the molecule is NCc1cccc(OCCS(=O)Cc2ccc(Cl)cc2)c1. The van der Waals surface area contributed by atoms with E-state index >= 15 is 0 Å². The Hall–Kier alpha value is -1.36. The first-order valence-electron chi connectivity index (χ1n) is 6.68. The minimum atomic E-state index is -0.951. The number of hydrogen-bond acceptors (Lipinski definition) is 3. The summed E-state index contributed by atoms with van der Waals surface area (Å²) in [5.41, 5.74) is 7.62. The van der Waals surface area contributed by atoms with Crippen molar-refractivity contribution in [2.75, 3.05) is 12.4 Å². The molecule has 0 aromatic heterocycles. The summed E-state index contributed by atoms with van der Waals surface area (Å²) in [5.74, 6) is 1.78. The number of benzene rings is 2. The van der Waals surface area contributed by atoms with Gasteiger partial charge in [0, 0.05) is 28.1 Å². The van der Waals surface area contributed by atoms with Crippen LogP contribution in [0, 0.1) is 0 Å². The van der Waals surface area contributed by atoms with Crippen LogP contribution in [0.3, 0.4) is 0 Å². The highest BCUT2D eigenvalue weighted by molar-refractivity contribution is 7.84. The Labute approximate surface area is 132 Å². The lowest BCUT2D eigenvalue weighted by Gasteiger charge is -2.07. The van der Waals surface area contributed by atoms with Gasteiger partial charge in [-0.05, 0) is 35.4 Å². The van der Waals surface area contributed by atoms with E-state index in [1.807, 2.05) is 48.5 Å². The third-order valence-corrected chi connectivity index (χ3v) is 4.48. The van der Waals surface area contributed by atoms with Gasteiger partial charge in [0.25, 0.3) is 0 Å². The molecular formula is C16H18ClNO2S. The molecule has 0 fully saturated rings. The van der Waals surface area contributed by atoms with Gasteiger partial charge in [-0.1, -0.05) is 35.9 Å². The molecule has 3 nitrogen and oxygen atoms in total. The predicted octanol–water partition coefficient (Wildman–Crippen LogP) is 3.13. The number of nitrogens with two attached hydrogens (primary N) is 1. The number of hydrogen-bond donors (Lipinski definition) is 1. The Morgan fingerprint density at radius 3 is 2.57 bits per heavy atom. The zero-order valence-electron chi connectivity index (χ0n) is 11.6. The molecule has 0 aliphatic carbocycles.